The Labute approximate surface area is 164 Å². The van der Waals surface area contributed by atoms with Gasteiger partial charge in [-0.25, -0.2) is 4.79 Å². The van der Waals surface area contributed by atoms with E-state index in [1.54, 1.807) is 7.11 Å². The van der Waals surface area contributed by atoms with E-state index in [1.807, 2.05) is 31.3 Å². The molecule has 4 rings (SSSR count). The fraction of sp³-hybridized carbons (Fsp3) is 0.429. The van der Waals surface area contributed by atoms with Gasteiger partial charge in [0.25, 0.3) is 0 Å². The van der Waals surface area contributed by atoms with Crippen molar-refractivity contribution >= 4 is 28.4 Å². The lowest BCUT2D eigenvalue weighted by molar-refractivity contribution is -0.124. The molecule has 2 aromatic rings. The van der Waals surface area contributed by atoms with Crippen molar-refractivity contribution < 1.29 is 14.3 Å². The first kappa shape index (κ1) is 18.6. The largest absolute Gasteiger partial charge is 0.497 e. The number of aromatic nitrogens is 1. The molecular formula is C21H26N4O3. The van der Waals surface area contributed by atoms with Gasteiger partial charge in [0.1, 0.15) is 5.75 Å². The number of imide groups is 1. The third kappa shape index (κ3) is 3.89. The number of fused-ring (bicyclic) bond motifs is 1. The Balaban J connectivity index is 1.41. The first-order chi connectivity index (χ1) is 13.5. The third-order valence-corrected chi connectivity index (χ3v) is 5.55. The van der Waals surface area contributed by atoms with Crippen molar-refractivity contribution in [2.24, 2.45) is 0 Å². The molecule has 148 valence electrons. The number of aromatic amines is 1. The van der Waals surface area contributed by atoms with Gasteiger partial charge in [0.05, 0.1) is 13.2 Å². The second-order valence-corrected chi connectivity index (χ2v) is 7.50. The Bertz CT molecular complexity index is 929. The second kappa shape index (κ2) is 7.67. The number of urea groups is 1. The van der Waals surface area contributed by atoms with E-state index in [1.165, 1.54) is 11.1 Å². The van der Waals surface area contributed by atoms with Crippen molar-refractivity contribution in [1.82, 2.24) is 20.5 Å². The summed E-state index contributed by atoms with van der Waals surface area (Å²) < 4.78 is 5.35. The summed E-state index contributed by atoms with van der Waals surface area (Å²) in [5, 5.41) is 6.37. The number of hydrogen-bond donors (Lipinski definition) is 3. The minimum atomic E-state index is -0.389. The number of hydrogen-bond acceptors (Lipinski definition) is 4. The lowest BCUT2D eigenvalue weighted by Crippen LogP contribution is -2.50. The summed E-state index contributed by atoms with van der Waals surface area (Å²) in [4.78, 5) is 29.5. The third-order valence-electron chi connectivity index (χ3n) is 5.55. The Morgan fingerprint density at radius 2 is 2.14 bits per heavy atom. The standard InChI is InChI=1S/C21H26N4O3/c1-13(20(26)24-21(27)23-15-3-4-15)25-9-7-14(8-10-25)18-12-22-19-6-5-16(28-2)11-17(18)19/h5-7,11-13,15,22H,3-4,8-10H2,1-2H3,(H2,23,24,26,27)/t13-/m1/s1. The van der Waals surface area contributed by atoms with Gasteiger partial charge in [0.2, 0.25) is 5.91 Å². The summed E-state index contributed by atoms with van der Waals surface area (Å²) in [6.07, 6.45) is 7.03. The molecular weight excluding hydrogens is 356 g/mol. The molecule has 0 saturated heterocycles. The van der Waals surface area contributed by atoms with Crippen LogP contribution in [0.15, 0.2) is 30.5 Å². The van der Waals surface area contributed by atoms with Crippen LogP contribution in [-0.2, 0) is 4.79 Å². The predicted octanol–water partition coefficient (Wildman–Crippen LogP) is 2.64. The molecule has 7 nitrogen and oxygen atoms in total. The summed E-state index contributed by atoms with van der Waals surface area (Å²) in [6, 6.07) is 5.50. The van der Waals surface area contributed by atoms with Gasteiger partial charge in [-0.2, -0.15) is 0 Å². The number of H-pyrrole nitrogens is 1. The summed E-state index contributed by atoms with van der Waals surface area (Å²) in [5.74, 6) is 0.577. The molecule has 1 aliphatic heterocycles. The topological polar surface area (TPSA) is 86.5 Å². The molecule has 3 N–H and O–H groups in total. The lowest BCUT2D eigenvalue weighted by Gasteiger charge is -2.30. The molecule has 1 atom stereocenters. The Hall–Kier alpha value is -2.80. The molecule has 1 aromatic carbocycles. The monoisotopic (exact) mass is 382 g/mol. The van der Waals surface area contributed by atoms with Crippen LogP contribution in [0, 0.1) is 0 Å². The van der Waals surface area contributed by atoms with Crippen LogP contribution in [0.2, 0.25) is 0 Å². The molecule has 1 aliphatic carbocycles. The van der Waals surface area contributed by atoms with E-state index in [0.717, 1.165) is 42.5 Å². The van der Waals surface area contributed by atoms with E-state index in [4.69, 9.17) is 4.74 Å². The number of nitrogens with zero attached hydrogens (tertiary/aromatic N) is 1. The molecule has 0 spiro atoms. The number of amides is 3. The maximum Gasteiger partial charge on any atom is 0.321 e. The van der Waals surface area contributed by atoms with Gasteiger partial charge in [-0.05, 0) is 50.0 Å². The summed E-state index contributed by atoms with van der Waals surface area (Å²) in [6.45, 7) is 3.28. The van der Waals surface area contributed by atoms with Crippen LogP contribution >= 0.6 is 0 Å². The minimum absolute atomic E-state index is 0.235. The SMILES string of the molecule is COc1ccc2[nH]cc(C3=CCN([C@H](C)C(=O)NC(=O)NC4CC4)CC3)c2c1. The first-order valence-electron chi connectivity index (χ1n) is 9.75. The number of nitrogens with one attached hydrogen (secondary N) is 3. The Kier molecular flexibility index (Phi) is 5.09. The average Bonchev–Trinajstić information content (AvgIpc) is 3.42. The fourth-order valence-electron chi connectivity index (χ4n) is 3.60. The van der Waals surface area contributed by atoms with E-state index < -0.39 is 0 Å². The Morgan fingerprint density at radius 1 is 1.32 bits per heavy atom. The smallest absolute Gasteiger partial charge is 0.321 e. The van der Waals surface area contributed by atoms with Crippen molar-refractivity contribution in [1.29, 1.82) is 0 Å². The summed E-state index contributed by atoms with van der Waals surface area (Å²) >= 11 is 0. The van der Waals surface area contributed by atoms with Gasteiger partial charge in [-0.3, -0.25) is 15.0 Å². The number of benzene rings is 1. The van der Waals surface area contributed by atoms with E-state index in [0.29, 0.717) is 6.54 Å². The number of carbonyl (C=O) groups is 2. The van der Waals surface area contributed by atoms with Crippen LogP contribution < -0.4 is 15.4 Å². The zero-order chi connectivity index (χ0) is 19.7. The lowest BCUT2D eigenvalue weighted by atomic mass is 9.98. The van der Waals surface area contributed by atoms with Crippen LogP contribution in [0.5, 0.6) is 5.75 Å². The molecule has 1 aromatic heterocycles. The maximum atomic E-state index is 12.4. The minimum Gasteiger partial charge on any atom is -0.497 e. The van der Waals surface area contributed by atoms with Gasteiger partial charge in [0.15, 0.2) is 0 Å². The van der Waals surface area contributed by atoms with E-state index >= 15 is 0 Å². The fourth-order valence-corrected chi connectivity index (χ4v) is 3.60. The summed E-state index contributed by atoms with van der Waals surface area (Å²) in [7, 11) is 1.67. The molecule has 1 fully saturated rings. The zero-order valence-corrected chi connectivity index (χ0v) is 16.2. The second-order valence-electron chi connectivity index (χ2n) is 7.50. The highest BCUT2D eigenvalue weighted by molar-refractivity contribution is 5.97. The van der Waals surface area contributed by atoms with Gasteiger partial charge in [-0.15, -0.1) is 0 Å². The number of ether oxygens (including phenoxy) is 1. The van der Waals surface area contributed by atoms with Gasteiger partial charge < -0.3 is 15.0 Å². The summed E-state index contributed by atoms with van der Waals surface area (Å²) in [5.41, 5.74) is 3.51. The molecule has 28 heavy (non-hydrogen) atoms. The van der Waals surface area contributed by atoms with Crippen molar-refractivity contribution in [2.45, 2.75) is 38.3 Å². The molecule has 2 heterocycles. The normalized spacial score (nSPS) is 18.4. The predicted molar refractivity (Wildman–Crippen MR) is 108 cm³/mol. The van der Waals surface area contributed by atoms with Gasteiger partial charge in [0, 0.05) is 41.8 Å². The molecule has 0 bridgehead atoms. The van der Waals surface area contributed by atoms with Gasteiger partial charge >= 0.3 is 6.03 Å². The van der Waals surface area contributed by atoms with Crippen LogP contribution in [0.3, 0.4) is 0 Å². The van der Waals surface area contributed by atoms with Crippen molar-refractivity contribution in [2.75, 3.05) is 20.2 Å². The first-order valence-corrected chi connectivity index (χ1v) is 9.75. The highest BCUT2D eigenvalue weighted by Gasteiger charge is 2.28. The molecule has 1 saturated carbocycles. The zero-order valence-electron chi connectivity index (χ0n) is 16.2. The van der Waals surface area contributed by atoms with E-state index in [9.17, 15) is 9.59 Å². The van der Waals surface area contributed by atoms with Crippen LogP contribution in [0.25, 0.3) is 16.5 Å². The molecule has 7 heteroatoms. The maximum absolute atomic E-state index is 12.4. The van der Waals surface area contributed by atoms with Crippen LogP contribution in [-0.4, -0.2) is 54.1 Å². The van der Waals surface area contributed by atoms with E-state index in [2.05, 4.69) is 26.6 Å². The van der Waals surface area contributed by atoms with Crippen LogP contribution in [0.4, 0.5) is 4.79 Å². The highest BCUT2D eigenvalue weighted by Crippen LogP contribution is 2.31. The average molecular weight is 382 g/mol. The van der Waals surface area contributed by atoms with Gasteiger partial charge in [-0.1, -0.05) is 6.08 Å². The Morgan fingerprint density at radius 3 is 2.82 bits per heavy atom. The van der Waals surface area contributed by atoms with E-state index in [-0.39, 0.29) is 24.0 Å². The van der Waals surface area contributed by atoms with Crippen molar-refractivity contribution in [3.63, 3.8) is 0 Å². The van der Waals surface area contributed by atoms with Crippen molar-refractivity contribution in [3.05, 3.63) is 36.0 Å². The van der Waals surface area contributed by atoms with Crippen molar-refractivity contribution in [3.8, 4) is 5.75 Å². The number of rotatable bonds is 5. The highest BCUT2D eigenvalue weighted by atomic mass is 16.5. The van der Waals surface area contributed by atoms with Crippen LogP contribution in [0.1, 0.15) is 31.7 Å². The molecule has 0 unspecified atom stereocenters. The molecule has 3 amide bonds. The number of carbonyl (C=O) groups excluding carboxylic acids is 2. The molecule has 2 aliphatic rings. The number of methoxy groups -OCH3 is 1. The molecule has 0 radical (unpaired) electrons. The quantitative estimate of drug-likeness (QED) is 0.742.